The summed E-state index contributed by atoms with van der Waals surface area (Å²) in [7, 11) is 0. The van der Waals surface area contributed by atoms with Crippen LogP contribution in [-0.4, -0.2) is 71.9 Å². The van der Waals surface area contributed by atoms with E-state index >= 15 is 0 Å². The highest BCUT2D eigenvalue weighted by atomic mass is 16.3. The largest absolute Gasteiger partial charge is 0.388 e. The zero-order chi connectivity index (χ0) is 15.3. The molecule has 0 bridgehead atoms. The van der Waals surface area contributed by atoms with Crippen molar-refractivity contribution in [3.63, 3.8) is 0 Å². The maximum atomic E-state index is 10.5. The molecule has 124 valence electrons. The van der Waals surface area contributed by atoms with E-state index in [1.807, 2.05) is 6.92 Å². The Kier molecular flexibility index (Phi) is 6.48. The minimum Gasteiger partial charge on any atom is -0.388 e. The van der Waals surface area contributed by atoms with E-state index in [-0.39, 0.29) is 0 Å². The molecule has 0 aromatic heterocycles. The van der Waals surface area contributed by atoms with Crippen molar-refractivity contribution in [3.8, 4) is 0 Å². The van der Waals surface area contributed by atoms with Crippen LogP contribution in [0.25, 0.3) is 0 Å². The molecule has 2 aliphatic rings. The molecule has 0 aliphatic carbocycles. The van der Waals surface area contributed by atoms with Crippen LogP contribution in [0.2, 0.25) is 0 Å². The third-order valence-corrected chi connectivity index (χ3v) is 4.92. The molecule has 0 aromatic rings. The van der Waals surface area contributed by atoms with E-state index in [1.165, 1.54) is 45.2 Å². The highest BCUT2D eigenvalue weighted by molar-refractivity contribution is 4.86. The van der Waals surface area contributed by atoms with Crippen LogP contribution in [0.5, 0.6) is 0 Å². The highest BCUT2D eigenvalue weighted by Gasteiger charge is 2.29. The third kappa shape index (κ3) is 5.85. The number of nitrogens with one attached hydrogen (secondary N) is 1. The zero-order valence-corrected chi connectivity index (χ0v) is 14.3. The minimum absolute atomic E-state index is 0.432. The smallest absolute Gasteiger partial charge is 0.0869 e. The van der Waals surface area contributed by atoms with E-state index in [2.05, 4.69) is 29.0 Å². The lowest BCUT2D eigenvalue weighted by Gasteiger charge is -2.42. The maximum absolute atomic E-state index is 10.5. The summed E-state index contributed by atoms with van der Waals surface area (Å²) in [6.07, 6.45) is 6.73. The molecule has 2 saturated heterocycles. The highest BCUT2D eigenvalue weighted by Crippen LogP contribution is 2.21. The fourth-order valence-electron chi connectivity index (χ4n) is 3.69. The average Bonchev–Trinajstić information content (AvgIpc) is 2.47. The summed E-state index contributed by atoms with van der Waals surface area (Å²) in [6, 6.07) is 1.22. The van der Waals surface area contributed by atoms with Gasteiger partial charge in [-0.2, -0.15) is 0 Å². The molecule has 2 heterocycles. The zero-order valence-electron chi connectivity index (χ0n) is 14.3. The van der Waals surface area contributed by atoms with E-state index < -0.39 is 5.60 Å². The Labute approximate surface area is 130 Å². The standard InChI is InChI=1S/C17H35N3O/c1-15(2)18-13-17(3,21)14-19-11-7-16(8-12-19)20-9-5-4-6-10-20/h15-16,18,21H,4-14H2,1-3H3. The van der Waals surface area contributed by atoms with Gasteiger partial charge in [0.05, 0.1) is 5.60 Å². The first kappa shape index (κ1) is 17.2. The van der Waals surface area contributed by atoms with Gasteiger partial charge in [-0.15, -0.1) is 0 Å². The number of hydrogen-bond acceptors (Lipinski definition) is 4. The second kappa shape index (κ2) is 7.91. The molecular weight excluding hydrogens is 262 g/mol. The fraction of sp³-hybridized carbons (Fsp3) is 1.00. The molecule has 1 atom stereocenters. The van der Waals surface area contributed by atoms with Crippen LogP contribution in [0.4, 0.5) is 0 Å². The normalized spacial score (nSPS) is 26.1. The van der Waals surface area contributed by atoms with E-state index in [9.17, 15) is 5.11 Å². The van der Waals surface area contributed by atoms with Crippen LogP contribution in [0.3, 0.4) is 0 Å². The van der Waals surface area contributed by atoms with Gasteiger partial charge in [0, 0.05) is 25.2 Å². The first-order valence-corrected chi connectivity index (χ1v) is 8.88. The topological polar surface area (TPSA) is 38.7 Å². The van der Waals surface area contributed by atoms with Crippen molar-refractivity contribution in [2.75, 3.05) is 39.3 Å². The van der Waals surface area contributed by atoms with Crippen LogP contribution in [-0.2, 0) is 0 Å². The molecule has 21 heavy (non-hydrogen) atoms. The number of aliphatic hydroxyl groups is 1. The van der Waals surface area contributed by atoms with Crippen molar-refractivity contribution in [2.45, 2.75) is 70.6 Å². The average molecular weight is 297 g/mol. The number of likely N-dealkylation sites (tertiary alicyclic amines) is 2. The molecule has 2 aliphatic heterocycles. The van der Waals surface area contributed by atoms with E-state index in [1.54, 1.807) is 0 Å². The Balaban J connectivity index is 1.70. The fourth-order valence-corrected chi connectivity index (χ4v) is 3.69. The lowest BCUT2D eigenvalue weighted by molar-refractivity contribution is 0.00195. The molecule has 4 heteroatoms. The Morgan fingerprint density at radius 2 is 1.71 bits per heavy atom. The predicted octanol–water partition coefficient (Wildman–Crippen LogP) is 1.69. The van der Waals surface area contributed by atoms with Crippen molar-refractivity contribution in [3.05, 3.63) is 0 Å². The molecule has 0 radical (unpaired) electrons. The number of nitrogens with zero attached hydrogens (tertiary/aromatic N) is 2. The van der Waals surface area contributed by atoms with Crippen molar-refractivity contribution in [1.82, 2.24) is 15.1 Å². The predicted molar refractivity (Wildman–Crippen MR) is 88.6 cm³/mol. The lowest BCUT2D eigenvalue weighted by atomic mass is 9.98. The first-order chi connectivity index (χ1) is 9.96. The second-order valence-electron chi connectivity index (χ2n) is 7.64. The van der Waals surface area contributed by atoms with E-state index in [4.69, 9.17) is 0 Å². The quantitative estimate of drug-likeness (QED) is 0.782. The first-order valence-electron chi connectivity index (χ1n) is 8.88. The minimum atomic E-state index is -0.623. The van der Waals surface area contributed by atoms with Gasteiger partial charge in [-0.1, -0.05) is 20.3 Å². The Bertz CT molecular complexity index is 292. The van der Waals surface area contributed by atoms with Crippen molar-refractivity contribution in [1.29, 1.82) is 0 Å². The third-order valence-electron chi connectivity index (χ3n) is 4.92. The van der Waals surface area contributed by atoms with Crippen LogP contribution in [0.15, 0.2) is 0 Å². The maximum Gasteiger partial charge on any atom is 0.0869 e. The van der Waals surface area contributed by atoms with Crippen LogP contribution in [0.1, 0.15) is 52.9 Å². The molecule has 4 nitrogen and oxygen atoms in total. The monoisotopic (exact) mass is 297 g/mol. The van der Waals surface area contributed by atoms with Gasteiger partial charge in [-0.05, 0) is 58.8 Å². The molecule has 2 N–H and O–H groups in total. The summed E-state index contributed by atoms with van der Waals surface area (Å²) in [5, 5.41) is 13.9. The van der Waals surface area contributed by atoms with Gasteiger partial charge >= 0.3 is 0 Å². The van der Waals surface area contributed by atoms with Crippen molar-refractivity contribution < 1.29 is 5.11 Å². The molecule has 0 amide bonds. The Morgan fingerprint density at radius 3 is 2.29 bits per heavy atom. The number of β-amino-alcohol motifs (C(OH)–C–C–N with tert-alkyl or cyclic N) is 1. The summed E-state index contributed by atoms with van der Waals surface area (Å²) in [5.74, 6) is 0. The van der Waals surface area contributed by atoms with Crippen molar-refractivity contribution >= 4 is 0 Å². The Morgan fingerprint density at radius 1 is 1.10 bits per heavy atom. The molecule has 0 saturated carbocycles. The van der Waals surface area contributed by atoms with Gasteiger partial charge in [0.1, 0.15) is 0 Å². The van der Waals surface area contributed by atoms with Gasteiger partial charge in [0.2, 0.25) is 0 Å². The van der Waals surface area contributed by atoms with Crippen LogP contribution in [0, 0.1) is 0 Å². The van der Waals surface area contributed by atoms with Crippen LogP contribution < -0.4 is 5.32 Å². The summed E-state index contributed by atoms with van der Waals surface area (Å²) in [5.41, 5.74) is -0.623. The van der Waals surface area contributed by atoms with Gasteiger partial charge in [-0.3, -0.25) is 0 Å². The molecule has 1 unspecified atom stereocenters. The summed E-state index contributed by atoms with van der Waals surface area (Å²) in [4.78, 5) is 5.15. The van der Waals surface area contributed by atoms with Crippen molar-refractivity contribution in [2.24, 2.45) is 0 Å². The molecule has 0 spiro atoms. The Hall–Kier alpha value is -0.160. The van der Waals surface area contributed by atoms with E-state index in [0.717, 1.165) is 25.7 Å². The molecule has 2 fully saturated rings. The van der Waals surface area contributed by atoms with Gasteiger partial charge in [0.25, 0.3) is 0 Å². The lowest BCUT2D eigenvalue weighted by Crippen LogP contribution is -2.53. The second-order valence-corrected chi connectivity index (χ2v) is 7.64. The van der Waals surface area contributed by atoms with Gasteiger partial charge < -0.3 is 20.2 Å². The SMILES string of the molecule is CC(C)NCC(C)(O)CN1CCC(N2CCCCC2)CC1. The van der Waals surface area contributed by atoms with Gasteiger partial charge in [-0.25, -0.2) is 0 Å². The summed E-state index contributed by atoms with van der Waals surface area (Å²) < 4.78 is 0. The molecule has 0 aromatic carbocycles. The van der Waals surface area contributed by atoms with Gasteiger partial charge in [0.15, 0.2) is 0 Å². The summed E-state index contributed by atoms with van der Waals surface area (Å²) >= 11 is 0. The molecule has 2 rings (SSSR count). The number of hydrogen-bond donors (Lipinski definition) is 2. The number of piperidine rings is 2. The van der Waals surface area contributed by atoms with Crippen LogP contribution >= 0.6 is 0 Å². The van der Waals surface area contributed by atoms with E-state index in [0.29, 0.717) is 12.6 Å². The summed E-state index contributed by atoms with van der Waals surface area (Å²) in [6.45, 7) is 12.6. The number of rotatable bonds is 6. The molecular formula is C17H35N3O.